The summed E-state index contributed by atoms with van der Waals surface area (Å²) in [7, 11) is 0. The first-order valence-corrected chi connectivity index (χ1v) is 7.68. The van der Waals surface area contributed by atoms with Crippen LogP contribution in [-0.2, 0) is 21.8 Å². The van der Waals surface area contributed by atoms with Crippen LogP contribution in [0.15, 0.2) is 48.8 Å². The van der Waals surface area contributed by atoms with Crippen molar-refractivity contribution >= 4 is 0 Å². The van der Waals surface area contributed by atoms with Crippen LogP contribution in [0.1, 0.15) is 24.0 Å². The molecule has 0 saturated carbocycles. The molecule has 2 aromatic rings. The summed E-state index contributed by atoms with van der Waals surface area (Å²) >= 11 is 0. The van der Waals surface area contributed by atoms with Gasteiger partial charge in [0.15, 0.2) is 18.2 Å². The molecular weight excluding hydrogens is 281 g/mol. The Bertz CT molecular complexity index is 604. The Balaban J connectivity index is 1.67. The largest absolute Gasteiger partial charge is 0.343 e. The fourth-order valence-electron chi connectivity index (χ4n) is 2.79. The molecule has 0 radical (unpaired) electrons. The number of aromatic nitrogens is 1. The van der Waals surface area contributed by atoms with Gasteiger partial charge >= 0.3 is 0 Å². The number of halogens is 1. The highest BCUT2D eigenvalue weighted by atomic mass is 19.1. The van der Waals surface area contributed by atoms with Crippen molar-refractivity contribution in [2.24, 2.45) is 0 Å². The van der Waals surface area contributed by atoms with Crippen molar-refractivity contribution < 1.29 is 18.4 Å². The third-order valence-electron chi connectivity index (χ3n) is 4.02. The Labute approximate surface area is 130 Å². The lowest BCUT2D eigenvalue weighted by molar-refractivity contribution is -0.697. The number of hydrogen-bond donors (Lipinski definition) is 0. The van der Waals surface area contributed by atoms with E-state index in [4.69, 9.17) is 9.47 Å². The Kier molecular flexibility index (Phi) is 4.50. The first-order chi connectivity index (χ1) is 10.7. The minimum Gasteiger partial charge on any atom is -0.343 e. The standard InChI is InChI=1S/C18H21FNO2/c1-15-7-11-20(12-8-15)10-2-9-18(21-13-14-22-18)16-3-5-17(19)6-4-16/h3-8,11-12H,2,9-10,13-14H2,1H3/q+1. The Morgan fingerprint density at radius 1 is 1.05 bits per heavy atom. The molecule has 1 fully saturated rings. The van der Waals surface area contributed by atoms with Crippen LogP contribution in [0.3, 0.4) is 0 Å². The molecule has 0 amide bonds. The molecule has 1 aliphatic rings. The Morgan fingerprint density at radius 2 is 1.68 bits per heavy atom. The molecule has 0 N–H and O–H groups in total. The van der Waals surface area contributed by atoms with Gasteiger partial charge in [0.25, 0.3) is 0 Å². The average Bonchev–Trinajstić information content (AvgIpc) is 3.00. The number of ether oxygens (including phenoxy) is 2. The van der Waals surface area contributed by atoms with Gasteiger partial charge < -0.3 is 9.47 Å². The smallest absolute Gasteiger partial charge is 0.195 e. The second-order valence-corrected chi connectivity index (χ2v) is 5.67. The van der Waals surface area contributed by atoms with Gasteiger partial charge in [-0.1, -0.05) is 12.1 Å². The molecule has 0 bridgehead atoms. The zero-order chi connectivity index (χ0) is 15.4. The van der Waals surface area contributed by atoms with Gasteiger partial charge in [0.2, 0.25) is 0 Å². The summed E-state index contributed by atoms with van der Waals surface area (Å²) in [5, 5.41) is 0. The third-order valence-corrected chi connectivity index (χ3v) is 4.02. The van der Waals surface area contributed by atoms with Crippen molar-refractivity contribution in [3.8, 4) is 0 Å². The van der Waals surface area contributed by atoms with E-state index in [1.807, 2.05) is 0 Å². The van der Waals surface area contributed by atoms with Gasteiger partial charge in [0.1, 0.15) is 12.4 Å². The number of nitrogens with zero attached hydrogens (tertiary/aromatic N) is 1. The van der Waals surface area contributed by atoms with Crippen LogP contribution < -0.4 is 4.57 Å². The highest BCUT2D eigenvalue weighted by Gasteiger charge is 2.38. The molecule has 0 atom stereocenters. The molecule has 1 aliphatic heterocycles. The van der Waals surface area contributed by atoms with E-state index in [0.717, 1.165) is 24.9 Å². The zero-order valence-electron chi connectivity index (χ0n) is 12.8. The predicted molar refractivity (Wildman–Crippen MR) is 80.6 cm³/mol. The second-order valence-electron chi connectivity index (χ2n) is 5.67. The fourth-order valence-corrected chi connectivity index (χ4v) is 2.79. The SMILES string of the molecule is Cc1cc[n+](CCCC2(c3ccc(F)cc3)OCCO2)cc1. The number of pyridine rings is 1. The summed E-state index contributed by atoms with van der Waals surface area (Å²) in [6.07, 6.45) is 5.83. The molecule has 3 nitrogen and oxygen atoms in total. The molecule has 0 unspecified atom stereocenters. The fraction of sp³-hybridized carbons (Fsp3) is 0.389. The Hall–Kier alpha value is -1.78. The highest BCUT2D eigenvalue weighted by Crippen LogP contribution is 2.35. The Morgan fingerprint density at radius 3 is 2.32 bits per heavy atom. The predicted octanol–water partition coefficient (Wildman–Crippen LogP) is 3.10. The van der Waals surface area contributed by atoms with E-state index in [-0.39, 0.29) is 5.82 Å². The van der Waals surface area contributed by atoms with Gasteiger partial charge in [0.05, 0.1) is 13.2 Å². The second kappa shape index (κ2) is 6.55. The lowest BCUT2D eigenvalue weighted by atomic mass is 10.0. The van der Waals surface area contributed by atoms with Crippen molar-refractivity contribution in [1.82, 2.24) is 0 Å². The monoisotopic (exact) mass is 302 g/mol. The molecule has 1 aromatic carbocycles. The van der Waals surface area contributed by atoms with Gasteiger partial charge in [-0.25, -0.2) is 8.96 Å². The first-order valence-electron chi connectivity index (χ1n) is 7.68. The topological polar surface area (TPSA) is 22.3 Å². The van der Waals surface area contributed by atoms with Crippen molar-refractivity contribution in [1.29, 1.82) is 0 Å². The molecule has 0 aliphatic carbocycles. The van der Waals surface area contributed by atoms with Gasteiger partial charge in [0, 0.05) is 30.5 Å². The molecule has 0 spiro atoms. The van der Waals surface area contributed by atoms with Gasteiger partial charge in [-0.15, -0.1) is 0 Å². The van der Waals surface area contributed by atoms with Crippen LogP contribution in [0.2, 0.25) is 0 Å². The molecular formula is C18H21FNO2+. The molecule has 2 heterocycles. The molecule has 1 aromatic heterocycles. The molecule has 22 heavy (non-hydrogen) atoms. The van der Waals surface area contributed by atoms with E-state index in [0.29, 0.717) is 13.2 Å². The minimum absolute atomic E-state index is 0.243. The van der Waals surface area contributed by atoms with E-state index < -0.39 is 5.79 Å². The van der Waals surface area contributed by atoms with Crippen LogP contribution in [0.25, 0.3) is 0 Å². The first kappa shape index (κ1) is 15.1. The van der Waals surface area contributed by atoms with Crippen LogP contribution in [0, 0.1) is 12.7 Å². The average molecular weight is 302 g/mol. The van der Waals surface area contributed by atoms with Gasteiger partial charge in [-0.05, 0) is 24.6 Å². The van der Waals surface area contributed by atoms with Crippen LogP contribution in [0.5, 0.6) is 0 Å². The lowest BCUT2D eigenvalue weighted by Gasteiger charge is -2.27. The number of aryl methyl sites for hydroxylation is 2. The van der Waals surface area contributed by atoms with Crippen molar-refractivity contribution in [2.45, 2.75) is 32.1 Å². The maximum absolute atomic E-state index is 13.1. The molecule has 116 valence electrons. The van der Waals surface area contributed by atoms with Crippen molar-refractivity contribution in [3.05, 3.63) is 65.7 Å². The number of rotatable bonds is 5. The number of hydrogen-bond acceptors (Lipinski definition) is 2. The maximum atomic E-state index is 13.1. The van der Waals surface area contributed by atoms with E-state index in [2.05, 4.69) is 36.0 Å². The summed E-state index contributed by atoms with van der Waals surface area (Å²) < 4.78 is 27.0. The van der Waals surface area contributed by atoms with E-state index in [1.165, 1.54) is 17.7 Å². The van der Waals surface area contributed by atoms with Gasteiger partial charge in [-0.2, -0.15) is 0 Å². The maximum Gasteiger partial charge on any atom is 0.195 e. The van der Waals surface area contributed by atoms with E-state index in [1.54, 1.807) is 12.1 Å². The van der Waals surface area contributed by atoms with Crippen molar-refractivity contribution in [3.63, 3.8) is 0 Å². The summed E-state index contributed by atoms with van der Waals surface area (Å²) in [4.78, 5) is 0. The third kappa shape index (κ3) is 3.34. The van der Waals surface area contributed by atoms with Gasteiger partial charge in [-0.3, -0.25) is 0 Å². The van der Waals surface area contributed by atoms with Crippen LogP contribution in [0.4, 0.5) is 4.39 Å². The summed E-state index contributed by atoms with van der Waals surface area (Å²) in [6, 6.07) is 10.6. The highest BCUT2D eigenvalue weighted by molar-refractivity contribution is 5.21. The lowest BCUT2D eigenvalue weighted by Crippen LogP contribution is -2.35. The van der Waals surface area contributed by atoms with E-state index in [9.17, 15) is 4.39 Å². The minimum atomic E-state index is -0.723. The van der Waals surface area contributed by atoms with Crippen molar-refractivity contribution in [2.75, 3.05) is 13.2 Å². The summed E-state index contributed by atoms with van der Waals surface area (Å²) in [6.45, 7) is 4.13. The summed E-state index contributed by atoms with van der Waals surface area (Å²) in [5.41, 5.74) is 2.14. The zero-order valence-corrected chi connectivity index (χ0v) is 12.8. The molecule has 4 heteroatoms. The normalized spacial score (nSPS) is 16.8. The quantitative estimate of drug-likeness (QED) is 0.792. The molecule has 1 saturated heterocycles. The molecule has 3 rings (SSSR count). The number of benzene rings is 1. The van der Waals surface area contributed by atoms with Crippen LogP contribution >= 0.6 is 0 Å². The van der Waals surface area contributed by atoms with E-state index >= 15 is 0 Å². The summed E-state index contributed by atoms with van der Waals surface area (Å²) in [5.74, 6) is -0.967. The van der Waals surface area contributed by atoms with Crippen LogP contribution in [-0.4, -0.2) is 13.2 Å².